The van der Waals surface area contributed by atoms with E-state index in [9.17, 15) is 14.9 Å². The van der Waals surface area contributed by atoms with Gasteiger partial charge in [-0.2, -0.15) is 10.2 Å². The van der Waals surface area contributed by atoms with Gasteiger partial charge in [-0.1, -0.05) is 18.2 Å². The second-order valence-electron chi connectivity index (χ2n) is 6.89. The van der Waals surface area contributed by atoms with Crippen molar-refractivity contribution in [2.45, 2.75) is 0 Å². The quantitative estimate of drug-likeness (QED) is 0.166. The number of carboxylic acid groups (broad SMARTS) is 1. The third-order valence-corrected chi connectivity index (χ3v) is 4.57. The molecule has 0 radical (unpaired) electrons. The maximum atomic E-state index is 11.8. The number of rotatable bonds is 8. The van der Waals surface area contributed by atoms with Crippen molar-refractivity contribution in [1.82, 2.24) is 9.97 Å². The summed E-state index contributed by atoms with van der Waals surface area (Å²) in [6.45, 7) is 0. The number of hydrogen-bond acceptors (Lipinski definition) is 9. The zero-order chi connectivity index (χ0) is 23.9. The van der Waals surface area contributed by atoms with Crippen LogP contribution in [0, 0.1) is 10.1 Å². The Balaban J connectivity index is 1.53. The number of nitrogens with one attached hydrogen (secondary N) is 2. The number of anilines is 4. The van der Waals surface area contributed by atoms with E-state index in [0.29, 0.717) is 17.1 Å². The predicted molar refractivity (Wildman–Crippen MR) is 126 cm³/mol. The van der Waals surface area contributed by atoms with Crippen LogP contribution in [0.5, 0.6) is 0 Å². The van der Waals surface area contributed by atoms with Gasteiger partial charge in [0, 0.05) is 11.4 Å². The third-order valence-electron chi connectivity index (χ3n) is 4.57. The van der Waals surface area contributed by atoms with Crippen LogP contribution in [-0.2, 0) is 0 Å². The normalized spacial score (nSPS) is 10.7. The molecule has 0 saturated carbocycles. The Morgan fingerprint density at radius 1 is 0.794 bits per heavy atom. The lowest BCUT2D eigenvalue weighted by Crippen LogP contribution is -2.05. The Morgan fingerprint density at radius 3 is 1.79 bits per heavy atom. The average Bonchev–Trinajstić information content (AvgIpc) is 2.84. The van der Waals surface area contributed by atoms with Crippen LogP contribution in [-0.4, -0.2) is 26.0 Å². The molecule has 34 heavy (non-hydrogen) atoms. The first-order valence-electron chi connectivity index (χ1n) is 9.93. The zero-order valence-electron chi connectivity index (χ0n) is 17.5. The van der Waals surface area contributed by atoms with Crippen molar-refractivity contribution in [3.63, 3.8) is 0 Å². The molecule has 0 spiro atoms. The molecule has 168 valence electrons. The number of hydrogen-bond donors (Lipinski definition) is 3. The fourth-order valence-corrected chi connectivity index (χ4v) is 2.93. The number of nitrogens with zero attached hydrogens (tertiary/aromatic N) is 5. The first kappa shape index (κ1) is 22.0. The molecule has 0 bridgehead atoms. The number of aromatic nitrogens is 2. The van der Waals surface area contributed by atoms with Crippen molar-refractivity contribution < 1.29 is 14.8 Å². The molecular weight excluding hydrogens is 438 g/mol. The smallest absolute Gasteiger partial charge is 0.353 e. The highest BCUT2D eigenvalue weighted by Crippen LogP contribution is 2.33. The van der Waals surface area contributed by atoms with Crippen molar-refractivity contribution in [3.8, 4) is 0 Å². The molecule has 0 aliphatic carbocycles. The Bertz CT molecular complexity index is 1340. The minimum atomic E-state index is -1.07. The second kappa shape index (κ2) is 9.96. The molecule has 11 nitrogen and oxygen atoms in total. The van der Waals surface area contributed by atoms with Crippen LogP contribution in [0.3, 0.4) is 0 Å². The first-order valence-corrected chi connectivity index (χ1v) is 9.93. The van der Waals surface area contributed by atoms with Gasteiger partial charge < -0.3 is 15.7 Å². The Hall–Kier alpha value is -5.19. The SMILES string of the molecule is O=C(O)c1ccc(Nc2ncnc(Nc3ccc(N=Nc4ccccc4)cc3)c2[N+](=O)[O-])cc1. The van der Waals surface area contributed by atoms with Gasteiger partial charge in [-0.15, -0.1) is 0 Å². The number of carbonyl (C=O) groups is 1. The molecule has 0 aliphatic heterocycles. The van der Waals surface area contributed by atoms with E-state index in [1.165, 1.54) is 30.6 Å². The summed E-state index contributed by atoms with van der Waals surface area (Å²) in [5, 5.41) is 34.9. The molecule has 4 aromatic rings. The molecule has 0 aliphatic rings. The number of aromatic carboxylic acids is 1. The number of carboxylic acids is 1. The monoisotopic (exact) mass is 455 g/mol. The lowest BCUT2D eigenvalue weighted by molar-refractivity contribution is -0.383. The number of benzene rings is 3. The molecule has 0 unspecified atom stereocenters. The van der Waals surface area contributed by atoms with Crippen molar-refractivity contribution in [3.05, 3.63) is 101 Å². The van der Waals surface area contributed by atoms with E-state index in [1.54, 1.807) is 24.3 Å². The Kier molecular flexibility index (Phi) is 6.45. The average molecular weight is 455 g/mol. The zero-order valence-corrected chi connectivity index (χ0v) is 17.5. The van der Waals surface area contributed by atoms with Gasteiger partial charge in [0.05, 0.1) is 21.9 Å². The fourth-order valence-electron chi connectivity index (χ4n) is 2.93. The van der Waals surface area contributed by atoms with Gasteiger partial charge in [0.25, 0.3) is 0 Å². The molecule has 11 heteroatoms. The van der Waals surface area contributed by atoms with Crippen LogP contribution in [0.4, 0.5) is 40.1 Å². The Labute approximate surface area is 193 Å². The number of azo groups is 1. The van der Waals surface area contributed by atoms with E-state index in [2.05, 4.69) is 30.8 Å². The second-order valence-corrected chi connectivity index (χ2v) is 6.89. The molecule has 0 saturated heterocycles. The number of nitro groups is 1. The van der Waals surface area contributed by atoms with Crippen LogP contribution < -0.4 is 10.6 Å². The maximum absolute atomic E-state index is 11.8. The van der Waals surface area contributed by atoms with Crippen LogP contribution in [0.2, 0.25) is 0 Å². The van der Waals surface area contributed by atoms with E-state index >= 15 is 0 Å². The largest absolute Gasteiger partial charge is 0.478 e. The standard InChI is InChI=1S/C23H17N7O4/c31-23(32)15-6-8-16(9-7-15)26-21-20(30(33)34)22(25-14-24-21)27-17-10-12-19(13-11-17)29-28-18-4-2-1-3-5-18/h1-14H,(H,31,32)(H2,24,25,26,27). The van der Waals surface area contributed by atoms with E-state index < -0.39 is 10.9 Å². The lowest BCUT2D eigenvalue weighted by atomic mass is 10.2. The van der Waals surface area contributed by atoms with Crippen LogP contribution in [0.1, 0.15) is 10.4 Å². The third kappa shape index (κ3) is 5.34. The van der Waals surface area contributed by atoms with E-state index in [-0.39, 0.29) is 22.9 Å². The minimum Gasteiger partial charge on any atom is -0.478 e. The van der Waals surface area contributed by atoms with Gasteiger partial charge in [-0.05, 0) is 60.7 Å². The van der Waals surface area contributed by atoms with Gasteiger partial charge in [-0.3, -0.25) is 10.1 Å². The van der Waals surface area contributed by atoms with Gasteiger partial charge in [0.1, 0.15) is 6.33 Å². The summed E-state index contributed by atoms with van der Waals surface area (Å²) in [6.07, 6.45) is 1.19. The van der Waals surface area contributed by atoms with Crippen molar-refractivity contribution in [1.29, 1.82) is 0 Å². The maximum Gasteiger partial charge on any atom is 0.353 e. The predicted octanol–water partition coefficient (Wildman–Crippen LogP) is 5.99. The summed E-state index contributed by atoms with van der Waals surface area (Å²) in [5.41, 5.74) is 2.05. The summed E-state index contributed by atoms with van der Waals surface area (Å²) in [6, 6.07) is 21.9. The summed E-state index contributed by atoms with van der Waals surface area (Å²) in [4.78, 5) is 30.2. The molecule has 0 atom stereocenters. The molecule has 0 amide bonds. The molecule has 3 N–H and O–H groups in total. The summed E-state index contributed by atoms with van der Waals surface area (Å²) in [7, 11) is 0. The fraction of sp³-hybridized carbons (Fsp3) is 0. The van der Waals surface area contributed by atoms with E-state index in [0.717, 1.165) is 5.69 Å². The molecule has 1 heterocycles. The molecule has 4 rings (SSSR count). The van der Waals surface area contributed by atoms with Crippen LogP contribution >= 0.6 is 0 Å². The lowest BCUT2D eigenvalue weighted by Gasteiger charge is -2.10. The van der Waals surface area contributed by atoms with E-state index in [4.69, 9.17) is 5.11 Å². The Morgan fingerprint density at radius 2 is 1.29 bits per heavy atom. The van der Waals surface area contributed by atoms with Gasteiger partial charge in [-0.25, -0.2) is 14.8 Å². The molecule has 1 aromatic heterocycles. The van der Waals surface area contributed by atoms with Crippen molar-refractivity contribution in [2.75, 3.05) is 10.6 Å². The van der Waals surface area contributed by atoms with Crippen LogP contribution in [0.25, 0.3) is 0 Å². The summed E-state index contributed by atoms with van der Waals surface area (Å²) in [5.74, 6) is -1.12. The molecule has 3 aromatic carbocycles. The topological polar surface area (TPSA) is 155 Å². The summed E-state index contributed by atoms with van der Waals surface area (Å²) >= 11 is 0. The highest BCUT2D eigenvalue weighted by molar-refractivity contribution is 5.88. The van der Waals surface area contributed by atoms with Crippen LogP contribution in [0.15, 0.2) is 95.4 Å². The van der Waals surface area contributed by atoms with Gasteiger partial charge >= 0.3 is 11.7 Å². The van der Waals surface area contributed by atoms with Gasteiger partial charge in [0.15, 0.2) is 0 Å². The summed E-state index contributed by atoms with van der Waals surface area (Å²) < 4.78 is 0. The highest BCUT2D eigenvalue weighted by atomic mass is 16.6. The highest BCUT2D eigenvalue weighted by Gasteiger charge is 2.23. The molecular formula is C23H17N7O4. The molecule has 0 fully saturated rings. The van der Waals surface area contributed by atoms with Gasteiger partial charge in [0.2, 0.25) is 11.6 Å². The first-order chi connectivity index (χ1) is 16.5. The van der Waals surface area contributed by atoms with E-state index in [1.807, 2.05) is 30.3 Å². The van der Waals surface area contributed by atoms with Crippen molar-refractivity contribution in [2.24, 2.45) is 10.2 Å². The minimum absolute atomic E-state index is 0.0108. The van der Waals surface area contributed by atoms with Crippen molar-refractivity contribution >= 4 is 46.0 Å².